The monoisotopic (exact) mass is 542 g/mol. The quantitative estimate of drug-likeness (QED) is 0.387. The maximum absolute atomic E-state index is 13.9. The lowest BCUT2D eigenvalue weighted by molar-refractivity contribution is -0.157. The molecule has 1 fully saturated rings. The lowest BCUT2D eigenvalue weighted by Crippen LogP contribution is -2.55. The molecule has 8 heteroatoms. The molecular formula is C30H42N2O5S. The first kappa shape index (κ1) is 30.2. The Balaban J connectivity index is 1.91. The number of rotatable bonds is 3. The molecule has 208 valence electrons. The summed E-state index contributed by atoms with van der Waals surface area (Å²) in [6.45, 7) is 9.81. The highest BCUT2D eigenvalue weighted by Gasteiger charge is 2.53. The zero-order valence-corrected chi connectivity index (χ0v) is 24.1. The summed E-state index contributed by atoms with van der Waals surface area (Å²) in [7, 11) is 0. The highest BCUT2D eigenvalue weighted by molar-refractivity contribution is 7.09. The molecule has 0 saturated heterocycles. The molecule has 0 aromatic carbocycles. The van der Waals surface area contributed by atoms with Crippen molar-refractivity contribution in [3.05, 3.63) is 33.3 Å². The molecule has 5 atom stereocenters. The van der Waals surface area contributed by atoms with Crippen LogP contribution in [0.15, 0.2) is 22.6 Å². The molecule has 1 aromatic heterocycles. The second kappa shape index (κ2) is 13.7. The molecule has 38 heavy (non-hydrogen) atoms. The van der Waals surface area contributed by atoms with E-state index in [1.165, 1.54) is 0 Å². The predicted molar refractivity (Wildman–Crippen MR) is 150 cm³/mol. The Morgan fingerprint density at radius 1 is 1.32 bits per heavy atom. The molecular weight excluding hydrogens is 500 g/mol. The van der Waals surface area contributed by atoms with E-state index in [1.54, 1.807) is 25.2 Å². The van der Waals surface area contributed by atoms with E-state index in [0.29, 0.717) is 32.3 Å². The average molecular weight is 543 g/mol. The lowest BCUT2D eigenvalue weighted by atomic mass is 9.58. The molecule has 1 aromatic rings. The number of ether oxygens (including phenoxy) is 1. The van der Waals surface area contributed by atoms with Crippen LogP contribution in [0.1, 0.15) is 83.3 Å². The Labute approximate surface area is 230 Å². The smallest absolute Gasteiger partial charge is 0.223 e. The standard InChI is InChI=1S/C30H42N2O5S/c1-6-7-9-24-28(35)21(4)37-15-12-19(2)10-11-25(20(3)16-23-18-38-22(5)31-23)32-27(34)17-26(33)30(29(24)36)13-8-14-30/h10,16,18,21,24-26,28,33,35H,8-9,11-15,17H2,1-5H3,(H,32,34)/b19-10-,20-16+/t21-,24-,25+,26+,28-/m1/s1. The zero-order chi connectivity index (χ0) is 27.9. The maximum atomic E-state index is 13.9. The highest BCUT2D eigenvalue weighted by atomic mass is 32.1. The number of amides is 1. The van der Waals surface area contributed by atoms with E-state index in [9.17, 15) is 19.8 Å². The first-order valence-corrected chi connectivity index (χ1v) is 14.4. The first-order chi connectivity index (χ1) is 18.1. The van der Waals surface area contributed by atoms with E-state index < -0.39 is 29.6 Å². The van der Waals surface area contributed by atoms with Gasteiger partial charge in [-0.1, -0.05) is 18.1 Å². The number of thiazole rings is 1. The number of carbonyl (C=O) groups is 2. The third-order valence-electron chi connectivity index (χ3n) is 7.96. The van der Waals surface area contributed by atoms with Crippen LogP contribution in [0.3, 0.4) is 0 Å². The maximum Gasteiger partial charge on any atom is 0.223 e. The number of aromatic nitrogens is 1. The van der Waals surface area contributed by atoms with Gasteiger partial charge < -0.3 is 20.3 Å². The molecule has 1 saturated carbocycles. The van der Waals surface area contributed by atoms with Crippen molar-refractivity contribution in [2.45, 2.75) is 104 Å². The van der Waals surface area contributed by atoms with Crippen LogP contribution in [0.25, 0.3) is 6.08 Å². The van der Waals surface area contributed by atoms with E-state index in [4.69, 9.17) is 4.74 Å². The van der Waals surface area contributed by atoms with Gasteiger partial charge in [0.15, 0.2) is 0 Å². The van der Waals surface area contributed by atoms with E-state index in [-0.39, 0.29) is 30.6 Å². The fraction of sp³-hybridized carbons (Fsp3) is 0.633. The molecule has 1 aliphatic heterocycles. The number of carbonyl (C=O) groups excluding carboxylic acids is 2. The number of aryl methyl sites for hydroxylation is 1. The van der Waals surface area contributed by atoms with E-state index in [2.05, 4.69) is 28.2 Å². The lowest BCUT2D eigenvalue weighted by Gasteiger charge is -2.46. The number of nitrogens with one attached hydrogen (secondary N) is 1. The number of nitrogens with zero attached hydrogens (tertiary/aromatic N) is 1. The van der Waals surface area contributed by atoms with Gasteiger partial charge in [0.05, 0.1) is 59.4 Å². The Hall–Kier alpha value is -2.31. The molecule has 0 unspecified atom stereocenters. The van der Waals surface area contributed by atoms with Crippen molar-refractivity contribution in [1.29, 1.82) is 0 Å². The van der Waals surface area contributed by atoms with Crippen molar-refractivity contribution in [3.63, 3.8) is 0 Å². The molecule has 0 radical (unpaired) electrons. The summed E-state index contributed by atoms with van der Waals surface area (Å²) in [5.41, 5.74) is 1.87. The summed E-state index contributed by atoms with van der Waals surface area (Å²) < 4.78 is 5.96. The predicted octanol–water partition coefficient (Wildman–Crippen LogP) is 4.37. The van der Waals surface area contributed by atoms with Crippen LogP contribution in [0.2, 0.25) is 0 Å². The van der Waals surface area contributed by atoms with E-state index in [1.807, 2.05) is 32.2 Å². The first-order valence-electron chi connectivity index (χ1n) is 13.5. The topological polar surface area (TPSA) is 109 Å². The molecule has 1 aliphatic carbocycles. The Morgan fingerprint density at radius 2 is 2.05 bits per heavy atom. The second-order valence-corrected chi connectivity index (χ2v) is 11.8. The number of aliphatic hydroxyl groups excluding tert-OH is 2. The van der Waals surface area contributed by atoms with Crippen LogP contribution in [-0.2, 0) is 14.3 Å². The minimum absolute atomic E-state index is 0.178. The highest BCUT2D eigenvalue weighted by Crippen LogP contribution is 2.48. The molecule has 1 spiro atoms. The zero-order valence-electron chi connectivity index (χ0n) is 23.3. The number of Topliss-reactive ketones (excluding diaryl/α,β-unsaturated/α-hetero) is 1. The normalized spacial score (nSPS) is 31.0. The largest absolute Gasteiger partial charge is 0.392 e. The van der Waals surface area contributed by atoms with Gasteiger partial charge in [-0.25, -0.2) is 4.98 Å². The minimum atomic E-state index is -1.14. The van der Waals surface area contributed by atoms with Crippen molar-refractivity contribution < 1.29 is 24.5 Å². The molecule has 2 heterocycles. The minimum Gasteiger partial charge on any atom is -0.392 e. The third kappa shape index (κ3) is 7.41. The molecule has 1 amide bonds. The number of hydrogen-bond donors (Lipinski definition) is 3. The Bertz CT molecular complexity index is 1110. The van der Waals surface area contributed by atoms with Crippen molar-refractivity contribution in [2.24, 2.45) is 11.3 Å². The van der Waals surface area contributed by atoms with Gasteiger partial charge in [0.2, 0.25) is 5.91 Å². The summed E-state index contributed by atoms with van der Waals surface area (Å²) in [5.74, 6) is 4.44. The average Bonchev–Trinajstić information content (AvgIpc) is 3.24. The van der Waals surface area contributed by atoms with Gasteiger partial charge in [0.25, 0.3) is 0 Å². The summed E-state index contributed by atoms with van der Waals surface area (Å²) in [6.07, 6.45) is 4.35. The fourth-order valence-corrected chi connectivity index (χ4v) is 5.84. The van der Waals surface area contributed by atoms with Gasteiger partial charge in [0.1, 0.15) is 5.78 Å². The van der Waals surface area contributed by atoms with Crippen LogP contribution in [0.4, 0.5) is 0 Å². The van der Waals surface area contributed by atoms with E-state index in [0.717, 1.165) is 28.3 Å². The number of hydrogen-bond acceptors (Lipinski definition) is 7. The Morgan fingerprint density at radius 3 is 2.66 bits per heavy atom. The molecule has 2 aliphatic rings. The van der Waals surface area contributed by atoms with Gasteiger partial charge in [-0.15, -0.1) is 23.2 Å². The summed E-state index contributed by atoms with van der Waals surface area (Å²) >= 11 is 1.57. The molecule has 0 bridgehead atoms. The van der Waals surface area contributed by atoms with Gasteiger partial charge >= 0.3 is 0 Å². The van der Waals surface area contributed by atoms with E-state index >= 15 is 0 Å². The summed E-state index contributed by atoms with van der Waals surface area (Å²) in [6, 6.07) is -0.276. The van der Waals surface area contributed by atoms with Crippen molar-refractivity contribution in [1.82, 2.24) is 10.3 Å². The van der Waals surface area contributed by atoms with Crippen LogP contribution < -0.4 is 5.32 Å². The van der Waals surface area contributed by atoms with Gasteiger partial charge in [-0.3, -0.25) is 9.59 Å². The molecule has 3 rings (SSSR count). The van der Waals surface area contributed by atoms with Gasteiger partial charge in [0, 0.05) is 11.8 Å². The van der Waals surface area contributed by atoms with Gasteiger partial charge in [-0.05, 0) is 72.0 Å². The van der Waals surface area contributed by atoms with Gasteiger partial charge in [-0.2, -0.15) is 0 Å². The molecule has 7 nitrogen and oxygen atoms in total. The van der Waals surface area contributed by atoms with Crippen LogP contribution in [-0.4, -0.2) is 57.8 Å². The van der Waals surface area contributed by atoms with Crippen molar-refractivity contribution in [3.8, 4) is 11.8 Å². The fourth-order valence-electron chi connectivity index (χ4n) is 5.27. The van der Waals surface area contributed by atoms with Crippen LogP contribution >= 0.6 is 11.3 Å². The second-order valence-electron chi connectivity index (χ2n) is 10.7. The van der Waals surface area contributed by atoms with Crippen LogP contribution in [0, 0.1) is 30.1 Å². The summed E-state index contributed by atoms with van der Waals surface area (Å²) in [4.78, 5) is 31.6. The van der Waals surface area contributed by atoms with Crippen LogP contribution in [0.5, 0.6) is 0 Å². The summed E-state index contributed by atoms with van der Waals surface area (Å²) in [5, 5.41) is 28.4. The SMILES string of the molecule is CC#CC[C@H]1C(=O)C2(CCC2)[C@@H](O)CC(=O)N[C@H](/C(C)=C/c2csc(C)n2)C/C=C(/C)CCO[C@H](C)[C@H]1O. The Kier molecular flexibility index (Phi) is 10.9. The number of aliphatic hydroxyl groups is 2. The number of ketones is 1. The third-order valence-corrected chi connectivity index (χ3v) is 8.75. The van der Waals surface area contributed by atoms with Crippen molar-refractivity contribution in [2.75, 3.05) is 6.61 Å². The van der Waals surface area contributed by atoms with Crippen molar-refractivity contribution >= 4 is 29.1 Å². The molecule has 3 N–H and O–H groups in total.